The second kappa shape index (κ2) is 6.95. The summed E-state index contributed by atoms with van der Waals surface area (Å²) >= 11 is 9.14. The van der Waals surface area contributed by atoms with Gasteiger partial charge in [-0.1, -0.05) is 48.2 Å². The summed E-state index contributed by atoms with van der Waals surface area (Å²) in [5.41, 5.74) is 1.06. The molecule has 0 aromatic rings. The Hall–Kier alpha value is -1.42. The van der Waals surface area contributed by atoms with Crippen molar-refractivity contribution in [1.82, 2.24) is 4.90 Å². The third kappa shape index (κ3) is 4.40. The molecule has 1 aliphatic carbocycles. The average molecular weight is 245 g/mol. The van der Waals surface area contributed by atoms with Crippen LogP contribution in [-0.2, 0) is 0 Å². The predicted molar refractivity (Wildman–Crippen MR) is 76.1 cm³/mol. The molecule has 1 nitrogen and oxygen atoms in total. The second-order valence-corrected chi connectivity index (χ2v) is 4.18. The van der Waals surface area contributed by atoms with E-state index in [4.69, 9.17) is 18.6 Å². The number of thiocarbonyl (C=S) groups is 1. The lowest BCUT2D eigenvalue weighted by Crippen LogP contribution is -2.28. The van der Waals surface area contributed by atoms with Crippen LogP contribution < -0.4 is 0 Å². The van der Waals surface area contributed by atoms with Gasteiger partial charge in [0.15, 0.2) is 0 Å². The van der Waals surface area contributed by atoms with E-state index in [0.717, 1.165) is 5.57 Å². The van der Waals surface area contributed by atoms with E-state index in [0.29, 0.717) is 17.4 Å². The molecule has 0 spiro atoms. The van der Waals surface area contributed by atoms with Crippen LogP contribution in [0.5, 0.6) is 0 Å². The predicted octanol–water partition coefficient (Wildman–Crippen LogP) is 2.19. The van der Waals surface area contributed by atoms with Crippen molar-refractivity contribution in [1.29, 1.82) is 0 Å². The van der Waals surface area contributed by atoms with Crippen molar-refractivity contribution in [2.75, 3.05) is 13.1 Å². The molecule has 0 unspecified atom stereocenters. The number of nitrogens with zero attached hydrogens (tertiary/aromatic N) is 1. The maximum Gasteiger partial charge on any atom is 0.134 e. The fourth-order valence-electron chi connectivity index (χ4n) is 1.13. The third-order valence-corrected chi connectivity index (χ3v) is 2.41. The maximum atomic E-state index is 5.27. The summed E-state index contributed by atoms with van der Waals surface area (Å²) in [6, 6.07) is 0. The van der Waals surface area contributed by atoms with Crippen molar-refractivity contribution in [3.05, 3.63) is 36.0 Å². The molecule has 0 amide bonds. The Balaban J connectivity index is 2.74. The molecule has 0 bridgehead atoms. The van der Waals surface area contributed by atoms with E-state index in [9.17, 15) is 0 Å². The molecule has 80 valence electrons. The summed E-state index contributed by atoms with van der Waals surface area (Å²) in [5.74, 6) is 8.36. The first-order valence-corrected chi connectivity index (χ1v) is 5.54. The zero-order chi connectivity index (χ0) is 11.8. The highest BCUT2D eigenvalue weighted by atomic mass is 32.1. The minimum absolute atomic E-state index is 0.455. The molecular formula is C13H11NS2. The van der Waals surface area contributed by atoms with Gasteiger partial charge in [-0.3, -0.25) is 0 Å². The van der Waals surface area contributed by atoms with Crippen LogP contribution in [0.25, 0.3) is 0 Å². The van der Waals surface area contributed by atoms with E-state index in [1.54, 1.807) is 6.08 Å². The maximum absolute atomic E-state index is 5.27. The van der Waals surface area contributed by atoms with Crippen molar-refractivity contribution >= 4 is 29.2 Å². The van der Waals surface area contributed by atoms with Crippen LogP contribution in [0.1, 0.15) is 0 Å². The van der Waals surface area contributed by atoms with Crippen molar-refractivity contribution in [2.24, 2.45) is 0 Å². The highest BCUT2D eigenvalue weighted by Gasteiger charge is 2.05. The molecular weight excluding hydrogens is 234 g/mol. The molecule has 16 heavy (non-hydrogen) atoms. The number of terminal acetylenes is 1. The van der Waals surface area contributed by atoms with Crippen molar-refractivity contribution in [3.63, 3.8) is 0 Å². The SMILES string of the molecule is C#CCN(CC1=C\C#C/C=C/C=C\1)C(=S)S. The summed E-state index contributed by atoms with van der Waals surface area (Å²) < 4.78 is 0.498. The number of hydrogen-bond donors (Lipinski definition) is 1. The number of rotatable bonds is 3. The largest absolute Gasteiger partial charge is 0.342 e. The summed E-state index contributed by atoms with van der Waals surface area (Å²) in [5, 5.41) is 0. The Morgan fingerprint density at radius 3 is 3.00 bits per heavy atom. The van der Waals surface area contributed by atoms with Crippen LogP contribution in [-0.4, -0.2) is 22.3 Å². The van der Waals surface area contributed by atoms with Gasteiger partial charge in [-0.25, -0.2) is 0 Å². The summed E-state index contributed by atoms with van der Waals surface area (Å²) in [7, 11) is 0. The van der Waals surface area contributed by atoms with Crippen LogP contribution in [0, 0.1) is 24.2 Å². The van der Waals surface area contributed by atoms with Crippen molar-refractivity contribution in [3.8, 4) is 24.2 Å². The number of hydrogen-bond acceptors (Lipinski definition) is 1. The summed E-state index contributed by atoms with van der Waals surface area (Å²) in [4.78, 5) is 1.83. The fourth-order valence-corrected chi connectivity index (χ4v) is 1.40. The van der Waals surface area contributed by atoms with Gasteiger partial charge in [-0.05, 0) is 17.7 Å². The van der Waals surface area contributed by atoms with Crippen LogP contribution in [0.15, 0.2) is 36.0 Å². The van der Waals surface area contributed by atoms with Gasteiger partial charge >= 0.3 is 0 Å². The third-order valence-electron chi connectivity index (χ3n) is 1.87. The molecule has 0 saturated carbocycles. The Labute approximate surface area is 107 Å². The monoisotopic (exact) mass is 245 g/mol. The quantitative estimate of drug-likeness (QED) is 0.461. The normalized spacial score (nSPS) is 19.9. The highest BCUT2D eigenvalue weighted by molar-refractivity contribution is 8.10. The van der Waals surface area contributed by atoms with E-state index in [1.807, 2.05) is 29.2 Å². The van der Waals surface area contributed by atoms with Crippen LogP contribution in [0.3, 0.4) is 0 Å². The van der Waals surface area contributed by atoms with Gasteiger partial charge in [0.1, 0.15) is 4.32 Å². The van der Waals surface area contributed by atoms with E-state index >= 15 is 0 Å². The lowest BCUT2D eigenvalue weighted by molar-refractivity contribution is 0.531. The zero-order valence-electron chi connectivity index (χ0n) is 8.68. The minimum Gasteiger partial charge on any atom is -0.342 e. The van der Waals surface area contributed by atoms with E-state index in [-0.39, 0.29) is 0 Å². The van der Waals surface area contributed by atoms with Gasteiger partial charge in [0.2, 0.25) is 0 Å². The van der Waals surface area contributed by atoms with Gasteiger partial charge in [0, 0.05) is 6.54 Å². The van der Waals surface area contributed by atoms with Crippen LogP contribution in [0.2, 0.25) is 0 Å². The van der Waals surface area contributed by atoms with Crippen molar-refractivity contribution in [2.45, 2.75) is 0 Å². The Kier molecular flexibility index (Phi) is 5.50. The minimum atomic E-state index is 0.455. The molecule has 0 aliphatic heterocycles. The summed E-state index contributed by atoms with van der Waals surface area (Å²) in [6.45, 7) is 1.09. The Morgan fingerprint density at radius 2 is 2.31 bits per heavy atom. The van der Waals surface area contributed by atoms with Crippen LogP contribution in [0.4, 0.5) is 0 Å². The lowest BCUT2D eigenvalue weighted by Gasteiger charge is -2.20. The smallest absolute Gasteiger partial charge is 0.134 e. The lowest BCUT2D eigenvalue weighted by atomic mass is 10.2. The van der Waals surface area contributed by atoms with Crippen LogP contribution >= 0.6 is 24.8 Å². The molecule has 0 aromatic carbocycles. The molecule has 0 radical (unpaired) electrons. The van der Waals surface area contributed by atoms with E-state index < -0.39 is 0 Å². The number of thiol groups is 1. The van der Waals surface area contributed by atoms with Gasteiger partial charge in [0.05, 0.1) is 6.54 Å². The molecule has 0 N–H and O–H groups in total. The molecule has 0 fully saturated rings. The van der Waals surface area contributed by atoms with Gasteiger partial charge in [-0.2, -0.15) is 0 Å². The second-order valence-electron chi connectivity index (χ2n) is 3.07. The molecule has 1 aliphatic rings. The highest BCUT2D eigenvalue weighted by Crippen LogP contribution is 2.05. The van der Waals surface area contributed by atoms with Gasteiger partial charge < -0.3 is 4.90 Å². The van der Waals surface area contributed by atoms with Gasteiger partial charge in [-0.15, -0.1) is 19.1 Å². The molecule has 0 saturated heterocycles. The molecule has 0 heterocycles. The Bertz CT molecular complexity index is 453. The molecule has 0 atom stereocenters. The van der Waals surface area contributed by atoms with Gasteiger partial charge in [0.25, 0.3) is 0 Å². The Morgan fingerprint density at radius 1 is 1.50 bits per heavy atom. The van der Waals surface area contributed by atoms with E-state index in [1.165, 1.54) is 0 Å². The fraction of sp³-hybridized carbons (Fsp3) is 0.154. The first-order chi connectivity index (χ1) is 7.74. The standard InChI is InChI=1S/C13H11NS2/c1-2-10-14(13(15)16)11-12-8-6-4-3-5-7-9-12/h1,3-4,6,8-9H,10-11H2,(H,15,16)/b4-3+,6-4?,8-6-,12-8?,12-9-. The molecule has 3 heteroatoms. The zero-order valence-corrected chi connectivity index (χ0v) is 10.4. The molecule has 1 rings (SSSR count). The van der Waals surface area contributed by atoms with E-state index in [2.05, 4.69) is 30.4 Å². The first-order valence-electron chi connectivity index (χ1n) is 4.68. The topological polar surface area (TPSA) is 3.24 Å². The molecule has 0 aromatic heterocycles. The first kappa shape index (κ1) is 12.6. The number of allylic oxidation sites excluding steroid dienone is 4. The summed E-state index contributed by atoms with van der Waals surface area (Å²) in [6.07, 6.45) is 14.7. The van der Waals surface area contributed by atoms with Crippen molar-refractivity contribution < 1.29 is 0 Å². The average Bonchev–Trinajstić information content (AvgIpc) is 2.20.